The third-order valence-corrected chi connectivity index (χ3v) is 4.49. The van der Waals surface area contributed by atoms with Gasteiger partial charge in [0.2, 0.25) is 0 Å². The lowest BCUT2D eigenvalue weighted by molar-refractivity contribution is 0.431. The first-order valence-corrected chi connectivity index (χ1v) is 7.21. The van der Waals surface area contributed by atoms with E-state index in [1.54, 1.807) is 0 Å². The van der Waals surface area contributed by atoms with Crippen LogP contribution in [0.3, 0.4) is 0 Å². The summed E-state index contributed by atoms with van der Waals surface area (Å²) >= 11 is 0. The van der Waals surface area contributed by atoms with Crippen LogP contribution in [-0.4, -0.2) is 26.0 Å². The second-order valence-corrected chi connectivity index (χ2v) is 6.29. The number of sulfone groups is 1. The molecule has 2 atom stereocenters. The Balaban J connectivity index is 3.93. The SMILES string of the molecule is CCCS(=O)(=O)CCC(C)C(N)CC. The van der Waals surface area contributed by atoms with E-state index in [-0.39, 0.29) is 11.8 Å². The van der Waals surface area contributed by atoms with Crippen molar-refractivity contribution >= 4 is 9.84 Å². The highest BCUT2D eigenvalue weighted by atomic mass is 32.2. The van der Waals surface area contributed by atoms with Crippen molar-refractivity contribution < 1.29 is 8.42 Å². The third kappa shape index (κ3) is 5.60. The molecule has 0 aromatic heterocycles. The summed E-state index contributed by atoms with van der Waals surface area (Å²) in [6, 6.07) is 0.131. The Morgan fingerprint density at radius 1 is 1.21 bits per heavy atom. The van der Waals surface area contributed by atoms with Crippen molar-refractivity contribution in [2.24, 2.45) is 11.7 Å². The standard InChI is InChI=1S/C10H23NO2S/c1-4-7-14(12,13)8-6-9(3)10(11)5-2/h9-10H,4-8,11H2,1-3H3. The molecule has 2 unspecified atom stereocenters. The summed E-state index contributed by atoms with van der Waals surface area (Å²) in [4.78, 5) is 0. The topological polar surface area (TPSA) is 60.2 Å². The van der Waals surface area contributed by atoms with Crippen LogP contribution in [0.25, 0.3) is 0 Å². The average molecular weight is 221 g/mol. The Bertz CT molecular complexity index is 237. The van der Waals surface area contributed by atoms with Gasteiger partial charge >= 0.3 is 0 Å². The van der Waals surface area contributed by atoms with Gasteiger partial charge in [0.15, 0.2) is 0 Å². The van der Waals surface area contributed by atoms with E-state index >= 15 is 0 Å². The van der Waals surface area contributed by atoms with Gasteiger partial charge in [-0.25, -0.2) is 8.42 Å². The molecule has 0 fully saturated rings. The molecule has 0 aromatic carbocycles. The molecule has 0 rings (SSSR count). The zero-order chi connectivity index (χ0) is 11.2. The Morgan fingerprint density at radius 3 is 2.21 bits per heavy atom. The van der Waals surface area contributed by atoms with Gasteiger partial charge in [0.05, 0.1) is 5.75 Å². The smallest absolute Gasteiger partial charge is 0.150 e. The molecule has 0 aliphatic heterocycles. The Kier molecular flexibility index (Phi) is 6.36. The van der Waals surface area contributed by atoms with E-state index in [2.05, 4.69) is 0 Å². The molecule has 14 heavy (non-hydrogen) atoms. The molecule has 0 heterocycles. The molecule has 0 aliphatic rings. The Morgan fingerprint density at radius 2 is 1.79 bits per heavy atom. The number of hydrogen-bond donors (Lipinski definition) is 1. The summed E-state index contributed by atoms with van der Waals surface area (Å²) < 4.78 is 22.8. The molecule has 0 saturated carbocycles. The lowest BCUT2D eigenvalue weighted by atomic mass is 9.98. The van der Waals surface area contributed by atoms with Gasteiger partial charge in [-0.15, -0.1) is 0 Å². The fourth-order valence-corrected chi connectivity index (χ4v) is 2.95. The number of hydrogen-bond acceptors (Lipinski definition) is 3. The van der Waals surface area contributed by atoms with Gasteiger partial charge < -0.3 is 5.73 Å². The fraction of sp³-hybridized carbons (Fsp3) is 1.00. The predicted molar refractivity (Wildman–Crippen MR) is 61.0 cm³/mol. The van der Waals surface area contributed by atoms with Crippen molar-refractivity contribution in [3.05, 3.63) is 0 Å². The minimum Gasteiger partial charge on any atom is -0.327 e. The summed E-state index contributed by atoms with van der Waals surface area (Å²) in [6.07, 6.45) is 2.31. The molecule has 0 amide bonds. The first kappa shape index (κ1) is 13.9. The zero-order valence-electron chi connectivity index (χ0n) is 9.49. The molecule has 3 nitrogen and oxygen atoms in total. The van der Waals surface area contributed by atoms with Crippen LogP contribution >= 0.6 is 0 Å². The summed E-state index contributed by atoms with van der Waals surface area (Å²) in [6.45, 7) is 5.94. The molecule has 0 aliphatic carbocycles. The summed E-state index contributed by atoms with van der Waals surface area (Å²) in [5, 5.41) is 0. The van der Waals surface area contributed by atoms with Crippen molar-refractivity contribution in [1.29, 1.82) is 0 Å². The van der Waals surface area contributed by atoms with E-state index < -0.39 is 9.84 Å². The van der Waals surface area contributed by atoms with Crippen LogP contribution in [0, 0.1) is 5.92 Å². The first-order chi connectivity index (χ1) is 6.43. The predicted octanol–water partition coefficient (Wildman–Crippen LogP) is 1.57. The van der Waals surface area contributed by atoms with Crippen molar-refractivity contribution in [3.63, 3.8) is 0 Å². The lowest BCUT2D eigenvalue weighted by Crippen LogP contribution is -2.29. The second kappa shape index (κ2) is 6.40. The van der Waals surface area contributed by atoms with Gasteiger partial charge in [-0.05, 0) is 25.2 Å². The molecule has 4 heteroatoms. The highest BCUT2D eigenvalue weighted by Crippen LogP contribution is 2.11. The van der Waals surface area contributed by atoms with E-state index in [0.717, 1.165) is 6.42 Å². The average Bonchev–Trinajstić information content (AvgIpc) is 2.13. The van der Waals surface area contributed by atoms with Crippen LogP contribution in [-0.2, 0) is 9.84 Å². The quantitative estimate of drug-likeness (QED) is 0.710. The van der Waals surface area contributed by atoms with E-state index in [0.29, 0.717) is 24.5 Å². The fourth-order valence-electron chi connectivity index (χ4n) is 1.39. The summed E-state index contributed by atoms with van der Waals surface area (Å²) in [5.74, 6) is 0.892. The Hall–Kier alpha value is -0.0900. The molecule has 0 radical (unpaired) electrons. The highest BCUT2D eigenvalue weighted by Gasteiger charge is 2.15. The van der Waals surface area contributed by atoms with Crippen LogP contribution < -0.4 is 5.73 Å². The number of nitrogens with two attached hydrogens (primary N) is 1. The lowest BCUT2D eigenvalue weighted by Gasteiger charge is -2.17. The van der Waals surface area contributed by atoms with Crippen molar-refractivity contribution in [3.8, 4) is 0 Å². The van der Waals surface area contributed by atoms with Crippen molar-refractivity contribution in [2.75, 3.05) is 11.5 Å². The monoisotopic (exact) mass is 221 g/mol. The van der Waals surface area contributed by atoms with Crippen LogP contribution in [0.5, 0.6) is 0 Å². The van der Waals surface area contributed by atoms with Gasteiger partial charge in [-0.3, -0.25) is 0 Å². The molecule has 0 spiro atoms. The first-order valence-electron chi connectivity index (χ1n) is 5.39. The molecular formula is C10H23NO2S. The molecule has 0 saturated heterocycles. The number of rotatable bonds is 7. The van der Waals surface area contributed by atoms with Gasteiger partial charge in [-0.2, -0.15) is 0 Å². The van der Waals surface area contributed by atoms with Crippen molar-refractivity contribution in [1.82, 2.24) is 0 Å². The van der Waals surface area contributed by atoms with Crippen molar-refractivity contribution in [2.45, 2.75) is 46.1 Å². The molecule has 0 aromatic rings. The molecule has 2 N–H and O–H groups in total. The summed E-state index contributed by atoms with van der Waals surface area (Å²) in [7, 11) is -2.82. The van der Waals surface area contributed by atoms with E-state index in [1.807, 2.05) is 20.8 Å². The van der Waals surface area contributed by atoms with Crippen LogP contribution in [0.1, 0.15) is 40.0 Å². The molecule has 0 bridgehead atoms. The van der Waals surface area contributed by atoms with E-state index in [9.17, 15) is 8.42 Å². The van der Waals surface area contributed by atoms with E-state index in [4.69, 9.17) is 5.73 Å². The van der Waals surface area contributed by atoms with Gasteiger partial charge in [0, 0.05) is 11.8 Å². The third-order valence-electron chi connectivity index (χ3n) is 2.60. The minimum absolute atomic E-state index is 0.131. The van der Waals surface area contributed by atoms with Gasteiger partial charge in [-0.1, -0.05) is 20.8 Å². The minimum atomic E-state index is -2.82. The maximum atomic E-state index is 11.4. The molecular weight excluding hydrogens is 198 g/mol. The zero-order valence-corrected chi connectivity index (χ0v) is 10.3. The normalized spacial score (nSPS) is 16.6. The van der Waals surface area contributed by atoms with Crippen LogP contribution in [0.4, 0.5) is 0 Å². The van der Waals surface area contributed by atoms with Gasteiger partial charge in [0.25, 0.3) is 0 Å². The largest absolute Gasteiger partial charge is 0.327 e. The van der Waals surface area contributed by atoms with E-state index in [1.165, 1.54) is 0 Å². The second-order valence-electron chi connectivity index (χ2n) is 3.99. The Labute approximate surface area is 88.0 Å². The van der Waals surface area contributed by atoms with Gasteiger partial charge in [0.1, 0.15) is 9.84 Å². The molecule has 86 valence electrons. The maximum absolute atomic E-state index is 11.4. The highest BCUT2D eigenvalue weighted by molar-refractivity contribution is 7.91. The summed E-state index contributed by atoms with van der Waals surface area (Å²) in [5.41, 5.74) is 5.82. The van der Waals surface area contributed by atoms with Crippen LogP contribution in [0.2, 0.25) is 0 Å². The maximum Gasteiger partial charge on any atom is 0.150 e. The van der Waals surface area contributed by atoms with Crippen LogP contribution in [0.15, 0.2) is 0 Å².